The highest BCUT2D eigenvalue weighted by Crippen LogP contribution is 2.33. The fourth-order valence-electron chi connectivity index (χ4n) is 2.55. The molecule has 0 unspecified atom stereocenters. The SMILES string of the molecule is Cc1cc(-c2ccc(CNC3CC3)cc2C)c(Cl)cc1F. The zero-order valence-electron chi connectivity index (χ0n) is 12.3. The van der Waals surface area contributed by atoms with Crippen molar-refractivity contribution in [2.24, 2.45) is 0 Å². The van der Waals surface area contributed by atoms with E-state index in [0.717, 1.165) is 23.2 Å². The van der Waals surface area contributed by atoms with Crippen molar-refractivity contribution in [1.82, 2.24) is 5.32 Å². The number of hydrogen-bond donors (Lipinski definition) is 1. The van der Waals surface area contributed by atoms with Gasteiger partial charge in [-0.1, -0.05) is 29.8 Å². The fraction of sp³-hybridized carbons (Fsp3) is 0.333. The van der Waals surface area contributed by atoms with E-state index in [-0.39, 0.29) is 5.82 Å². The lowest BCUT2D eigenvalue weighted by atomic mass is 9.97. The molecule has 0 atom stereocenters. The van der Waals surface area contributed by atoms with Crippen LogP contribution in [0.1, 0.15) is 29.5 Å². The van der Waals surface area contributed by atoms with Crippen molar-refractivity contribution in [3.63, 3.8) is 0 Å². The van der Waals surface area contributed by atoms with Gasteiger partial charge in [0.1, 0.15) is 5.82 Å². The van der Waals surface area contributed by atoms with Gasteiger partial charge in [-0.2, -0.15) is 0 Å². The van der Waals surface area contributed by atoms with Crippen LogP contribution in [0.3, 0.4) is 0 Å². The third-order valence-corrected chi connectivity index (χ3v) is 4.31. The third-order valence-electron chi connectivity index (χ3n) is 4.00. The van der Waals surface area contributed by atoms with Crippen LogP contribution in [0.25, 0.3) is 11.1 Å². The Bertz CT molecular complexity index is 677. The number of hydrogen-bond acceptors (Lipinski definition) is 1. The maximum absolute atomic E-state index is 13.5. The van der Waals surface area contributed by atoms with Crippen molar-refractivity contribution in [1.29, 1.82) is 0 Å². The molecule has 0 saturated heterocycles. The fourth-order valence-corrected chi connectivity index (χ4v) is 2.80. The first-order valence-electron chi connectivity index (χ1n) is 7.33. The molecule has 0 radical (unpaired) electrons. The number of benzene rings is 2. The predicted molar refractivity (Wildman–Crippen MR) is 86.2 cm³/mol. The number of nitrogens with one attached hydrogen (secondary N) is 1. The van der Waals surface area contributed by atoms with Crippen LogP contribution in [0, 0.1) is 19.7 Å². The summed E-state index contributed by atoms with van der Waals surface area (Å²) in [6, 6.07) is 10.3. The first-order valence-corrected chi connectivity index (χ1v) is 7.71. The monoisotopic (exact) mass is 303 g/mol. The molecule has 0 amide bonds. The van der Waals surface area contributed by atoms with E-state index < -0.39 is 0 Å². The van der Waals surface area contributed by atoms with Crippen LogP contribution in [0.15, 0.2) is 30.3 Å². The minimum Gasteiger partial charge on any atom is -0.310 e. The van der Waals surface area contributed by atoms with E-state index in [4.69, 9.17) is 11.6 Å². The molecule has 1 nitrogen and oxygen atoms in total. The summed E-state index contributed by atoms with van der Waals surface area (Å²) < 4.78 is 13.5. The van der Waals surface area contributed by atoms with E-state index >= 15 is 0 Å². The Morgan fingerprint density at radius 2 is 1.86 bits per heavy atom. The molecule has 0 bridgehead atoms. The van der Waals surface area contributed by atoms with Gasteiger partial charge in [-0.3, -0.25) is 0 Å². The van der Waals surface area contributed by atoms with E-state index in [0.29, 0.717) is 16.6 Å². The largest absolute Gasteiger partial charge is 0.310 e. The van der Waals surface area contributed by atoms with Gasteiger partial charge in [-0.25, -0.2) is 4.39 Å². The van der Waals surface area contributed by atoms with Gasteiger partial charge < -0.3 is 5.32 Å². The van der Waals surface area contributed by atoms with Crippen molar-refractivity contribution >= 4 is 11.6 Å². The van der Waals surface area contributed by atoms with Gasteiger partial charge >= 0.3 is 0 Å². The van der Waals surface area contributed by atoms with Crippen LogP contribution >= 0.6 is 11.6 Å². The second-order valence-electron chi connectivity index (χ2n) is 5.89. The minimum atomic E-state index is -0.258. The second-order valence-corrected chi connectivity index (χ2v) is 6.29. The van der Waals surface area contributed by atoms with E-state index in [2.05, 4.69) is 30.4 Å². The summed E-state index contributed by atoms with van der Waals surface area (Å²) in [7, 11) is 0. The lowest BCUT2D eigenvalue weighted by Gasteiger charge is -2.12. The Morgan fingerprint density at radius 3 is 2.52 bits per heavy atom. The van der Waals surface area contributed by atoms with E-state index in [1.54, 1.807) is 6.92 Å². The molecule has 0 heterocycles. The average molecular weight is 304 g/mol. The Kier molecular flexibility index (Phi) is 4.01. The minimum absolute atomic E-state index is 0.258. The van der Waals surface area contributed by atoms with Gasteiger partial charge in [0.25, 0.3) is 0 Å². The van der Waals surface area contributed by atoms with Crippen molar-refractivity contribution in [3.05, 3.63) is 57.9 Å². The Balaban J connectivity index is 1.89. The number of aryl methyl sites for hydroxylation is 2. The molecule has 1 aliphatic rings. The highest BCUT2D eigenvalue weighted by atomic mass is 35.5. The quantitative estimate of drug-likeness (QED) is 0.836. The maximum atomic E-state index is 13.5. The van der Waals surface area contributed by atoms with Gasteiger partial charge in [-0.15, -0.1) is 0 Å². The Hall–Kier alpha value is -1.38. The van der Waals surface area contributed by atoms with Crippen LogP contribution in [-0.2, 0) is 6.54 Å². The average Bonchev–Trinajstić information content (AvgIpc) is 3.25. The summed E-state index contributed by atoms with van der Waals surface area (Å²) >= 11 is 6.21. The maximum Gasteiger partial charge on any atom is 0.127 e. The van der Waals surface area contributed by atoms with Gasteiger partial charge in [-0.05, 0) is 61.1 Å². The summed E-state index contributed by atoms with van der Waals surface area (Å²) in [6.07, 6.45) is 2.59. The van der Waals surface area contributed by atoms with E-state index in [9.17, 15) is 4.39 Å². The van der Waals surface area contributed by atoms with E-state index in [1.807, 2.05) is 6.07 Å². The van der Waals surface area contributed by atoms with Crippen molar-refractivity contribution in [3.8, 4) is 11.1 Å². The molecule has 1 aliphatic carbocycles. The summed E-state index contributed by atoms with van der Waals surface area (Å²) in [5.41, 5.74) is 5.03. The topological polar surface area (TPSA) is 12.0 Å². The molecule has 1 saturated carbocycles. The molecule has 1 fully saturated rings. The lowest BCUT2D eigenvalue weighted by molar-refractivity contribution is 0.619. The molecule has 2 aromatic carbocycles. The van der Waals surface area contributed by atoms with Crippen LogP contribution in [0.2, 0.25) is 5.02 Å². The first kappa shape index (κ1) is 14.6. The second kappa shape index (κ2) is 5.78. The van der Waals surface area contributed by atoms with Gasteiger partial charge in [0.2, 0.25) is 0 Å². The van der Waals surface area contributed by atoms with Crippen molar-refractivity contribution in [2.45, 2.75) is 39.3 Å². The molecule has 110 valence electrons. The highest BCUT2D eigenvalue weighted by Gasteiger charge is 2.20. The van der Waals surface area contributed by atoms with E-state index in [1.165, 1.54) is 24.5 Å². The Morgan fingerprint density at radius 1 is 1.10 bits per heavy atom. The lowest BCUT2D eigenvalue weighted by Crippen LogP contribution is -2.15. The molecule has 3 heteroatoms. The standard InChI is InChI=1S/C18H19ClFN/c1-11-7-13(10-21-14-4-5-14)3-6-15(11)16-8-12(2)18(20)9-17(16)19/h3,6-9,14,21H,4-5,10H2,1-2H3. The third kappa shape index (κ3) is 3.28. The molecule has 21 heavy (non-hydrogen) atoms. The molecule has 1 N–H and O–H groups in total. The van der Waals surface area contributed by atoms with Crippen LogP contribution in [0.5, 0.6) is 0 Å². The molecule has 2 aromatic rings. The summed E-state index contributed by atoms with van der Waals surface area (Å²) in [4.78, 5) is 0. The predicted octanol–water partition coefficient (Wildman–Crippen LogP) is 5.01. The molecule has 3 rings (SSSR count). The van der Waals surface area contributed by atoms with Crippen LogP contribution < -0.4 is 5.32 Å². The normalized spacial score (nSPS) is 14.5. The van der Waals surface area contributed by atoms with Gasteiger partial charge in [0, 0.05) is 18.2 Å². The summed E-state index contributed by atoms with van der Waals surface area (Å²) in [6.45, 7) is 4.74. The molecular formula is C18H19ClFN. The summed E-state index contributed by atoms with van der Waals surface area (Å²) in [5, 5.41) is 3.97. The molecule has 0 aromatic heterocycles. The van der Waals surface area contributed by atoms with Crippen LogP contribution in [-0.4, -0.2) is 6.04 Å². The molecule has 0 aliphatic heterocycles. The number of halogens is 2. The summed E-state index contributed by atoms with van der Waals surface area (Å²) in [5.74, 6) is -0.258. The Labute approximate surface area is 130 Å². The smallest absolute Gasteiger partial charge is 0.127 e. The first-order chi connectivity index (χ1) is 10.0. The zero-order valence-corrected chi connectivity index (χ0v) is 13.1. The van der Waals surface area contributed by atoms with Crippen molar-refractivity contribution in [2.75, 3.05) is 0 Å². The number of rotatable bonds is 4. The van der Waals surface area contributed by atoms with Crippen LogP contribution in [0.4, 0.5) is 4.39 Å². The highest BCUT2D eigenvalue weighted by molar-refractivity contribution is 6.33. The molecular weight excluding hydrogens is 285 g/mol. The zero-order chi connectivity index (χ0) is 15.0. The van der Waals surface area contributed by atoms with Gasteiger partial charge in [0.15, 0.2) is 0 Å². The van der Waals surface area contributed by atoms with Crippen molar-refractivity contribution < 1.29 is 4.39 Å². The molecule has 0 spiro atoms. The van der Waals surface area contributed by atoms with Gasteiger partial charge in [0.05, 0.1) is 5.02 Å².